The van der Waals surface area contributed by atoms with Gasteiger partial charge in [-0.1, -0.05) is 65.3 Å². The molecule has 0 saturated heterocycles. The molecule has 0 heterocycles. The predicted molar refractivity (Wildman–Crippen MR) is 109 cm³/mol. The molecule has 134 valence electrons. The number of carbonyl (C=O) groups excluding carboxylic acids is 1. The minimum Gasteiger partial charge on any atom is -0.338 e. The van der Waals surface area contributed by atoms with Crippen LogP contribution in [0.25, 0.3) is 0 Å². The molecule has 0 radical (unpaired) electrons. The summed E-state index contributed by atoms with van der Waals surface area (Å²) in [6.45, 7) is 10.4. The third-order valence-corrected chi connectivity index (χ3v) is 5.12. The number of hydrogen-bond donors (Lipinski definition) is 0. The Morgan fingerprint density at radius 3 is 1.92 bits per heavy atom. The number of hydrogen-bond acceptors (Lipinski definition) is 1. The van der Waals surface area contributed by atoms with Crippen molar-refractivity contribution in [2.24, 2.45) is 5.92 Å². The Balaban J connectivity index is 2.47. The SMILES string of the molecule is CC(C(=O)N(C(C)C)C(C)C)C(c1ccccc1)c1cccc(Br)c1. The lowest BCUT2D eigenvalue weighted by atomic mass is 9.80. The van der Waals surface area contributed by atoms with Crippen LogP contribution in [0, 0.1) is 5.92 Å². The zero-order valence-electron chi connectivity index (χ0n) is 15.7. The maximum atomic E-state index is 13.3. The maximum Gasteiger partial charge on any atom is 0.226 e. The molecule has 0 aliphatic heterocycles. The van der Waals surface area contributed by atoms with E-state index >= 15 is 0 Å². The van der Waals surface area contributed by atoms with Crippen LogP contribution in [0.5, 0.6) is 0 Å². The highest BCUT2D eigenvalue weighted by atomic mass is 79.9. The predicted octanol–water partition coefficient (Wildman–Crippen LogP) is 5.86. The van der Waals surface area contributed by atoms with Gasteiger partial charge in [-0.15, -0.1) is 0 Å². The molecule has 2 unspecified atom stereocenters. The third-order valence-electron chi connectivity index (χ3n) is 4.62. The van der Waals surface area contributed by atoms with Gasteiger partial charge in [-0.25, -0.2) is 0 Å². The molecule has 2 aromatic rings. The second-order valence-corrected chi connectivity index (χ2v) is 8.08. The highest BCUT2D eigenvalue weighted by molar-refractivity contribution is 9.10. The minimum atomic E-state index is -0.138. The Labute approximate surface area is 160 Å². The average molecular weight is 402 g/mol. The first kappa shape index (κ1) is 19.7. The summed E-state index contributed by atoms with van der Waals surface area (Å²) in [5.41, 5.74) is 2.34. The molecule has 0 saturated carbocycles. The van der Waals surface area contributed by atoms with E-state index in [1.165, 1.54) is 5.56 Å². The van der Waals surface area contributed by atoms with Crippen LogP contribution in [0.15, 0.2) is 59.1 Å². The van der Waals surface area contributed by atoms with Crippen LogP contribution >= 0.6 is 15.9 Å². The molecule has 25 heavy (non-hydrogen) atoms. The summed E-state index contributed by atoms with van der Waals surface area (Å²) in [7, 11) is 0. The van der Waals surface area contributed by atoms with Crippen molar-refractivity contribution in [3.63, 3.8) is 0 Å². The fourth-order valence-electron chi connectivity index (χ4n) is 3.61. The van der Waals surface area contributed by atoms with Gasteiger partial charge in [0.05, 0.1) is 0 Å². The molecule has 0 N–H and O–H groups in total. The van der Waals surface area contributed by atoms with Gasteiger partial charge in [0.25, 0.3) is 0 Å². The summed E-state index contributed by atoms with van der Waals surface area (Å²) in [4.78, 5) is 15.3. The molecule has 2 nitrogen and oxygen atoms in total. The van der Waals surface area contributed by atoms with E-state index in [1.807, 2.05) is 35.2 Å². The van der Waals surface area contributed by atoms with Crippen LogP contribution < -0.4 is 0 Å². The van der Waals surface area contributed by atoms with E-state index in [9.17, 15) is 4.79 Å². The fraction of sp³-hybridized carbons (Fsp3) is 0.409. The Morgan fingerprint density at radius 2 is 1.40 bits per heavy atom. The molecular formula is C22H28BrNO. The number of amides is 1. The molecule has 0 aromatic heterocycles. The first-order valence-electron chi connectivity index (χ1n) is 8.95. The molecule has 1 amide bonds. The van der Waals surface area contributed by atoms with Gasteiger partial charge in [0.1, 0.15) is 0 Å². The number of halogens is 1. The summed E-state index contributed by atoms with van der Waals surface area (Å²) >= 11 is 3.57. The van der Waals surface area contributed by atoms with Crippen LogP contribution in [-0.2, 0) is 4.79 Å². The largest absolute Gasteiger partial charge is 0.338 e. The van der Waals surface area contributed by atoms with Gasteiger partial charge >= 0.3 is 0 Å². The Bertz CT molecular complexity index is 688. The molecule has 0 aliphatic rings. The first-order valence-corrected chi connectivity index (χ1v) is 9.74. The van der Waals surface area contributed by atoms with Gasteiger partial charge in [0.2, 0.25) is 5.91 Å². The maximum absolute atomic E-state index is 13.3. The van der Waals surface area contributed by atoms with E-state index in [2.05, 4.69) is 74.8 Å². The van der Waals surface area contributed by atoms with Crippen molar-refractivity contribution in [3.05, 3.63) is 70.2 Å². The molecule has 2 aromatic carbocycles. The van der Waals surface area contributed by atoms with Crippen molar-refractivity contribution < 1.29 is 4.79 Å². The second kappa shape index (κ2) is 8.66. The summed E-state index contributed by atoms with van der Waals surface area (Å²) in [6, 6.07) is 19.0. The lowest BCUT2D eigenvalue weighted by molar-refractivity contribution is -0.139. The van der Waals surface area contributed by atoms with E-state index in [-0.39, 0.29) is 29.8 Å². The second-order valence-electron chi connectivity index (χ2n) is 7.17. The zero-order valence-corrected chi connectivity index (χ0v) is 17.3. The summed E-state index contributed by atoms with van der Waals surface area (Å²) < 4.78 is 1.04. The van der Waals surface area contributed by atoms with Crippen LogP contribution in [-0.4, -0.2) is 22.9 Å². The van der Waals surface area contributed by atoms with Crippen molar-refractivity contribution in [1.29, 1.82) is 0 Å². The average Bonchev–Trinajstić information content (AvgIpc) is 2.55. The highest BCUT2D eigenvalue weighted by Crippen LogP contribution is 2.35. The quantitative estimate of drug-likeness (QED) is 0.593. The standard InChI is InChI=1S/C22H28BrNO/c1-15(2)24(16(3)4)22(25)17(5)21(18-10-7-6-8-11-18)19-12-9-13-20(23)14-19/h6-17,21H,1-5H3. The molecule has 0 aliphatic carbocycles. The summed E-state index contributed by atoms with van der Waals surface area (Å²) in [6.07, 6.45) is 0. The topological polar surface area (TPSA) is 20.3 Å². The van der Waals surface area contributed by atoms with Crippen molar-refractivity contribution in [3.8, 4) is 0 Å². The van der Waals surface area contributed by atoms with Gasteiger partial charge in [-0.05, 0) is 51.0 Å². The van der Waals surface area contributed by atoms with E-state index in [0.717, 1.165) is 10.0 Å². The minimum absolute atomic E-state index is 0.0335. The molecular weight excluding hydrogens is 374 g/mol. The summed E-state index contributed by atoms with van der Waals surface area (Å²) in [5.74, 6) is 0.103. The van der Waals surface area contributed by atoms with Crippen molar-refractivity contribution in [2.45, 2.75) is 52.6 Å². The lowest BCUT2D eigenvalue weighted by Gasteiger charge is -2.36. The number of nitrogens with zero attached hydrogens (tertiary/aromatic N) is 1. The number of benzene rings is 2. The van der Waals surface area contributed by atoms with Crippen LogP contribution in [0.2, 0.25) is 0 Å². The van der Waals surface area contributed by atoms with Gasteiger partial charge in [0.15, 0.2) is 0 Å². The monoisotopic (exact) mass is 401 g/mol. The van der Waals surface area contributed by atoms with Gasteiger partial charge in [-0.2, -0.15) is 0 Å². The van der Waals surface area contributed by atoms with Gasteiger partial charge in [0, 0.05) is 28.4 Å². The van der Waals surface area contributed by atoms with E-state index < -0.39 is 0 Å². The van der Waals surface area contributed by atoms with Crippen molar-refractivity contribution in [1.82, 2.24) is 4.90 Å². The zero-order chi connectivity index (χ0) is 18.6. The van der Waals surface area contributed by atoms with Crippen LogP contribution in [0.1, 0.15) is 51.7 Å². The van der Waals surface area contributed by atoms with Crippen LogP contribution in [0.3, 0.4) is 0 Å². The normalized spacial score (nSPS) is 13.8. The molecule has 2 atom stereocenters. The van der Waals surface area contributed by atoms with E-state index in [1.54, 1.807) is 0 Å². The summed E-state index contributed by atoms with van der Waals surface area (Å²) in [5, 5.41) is 0. The lowest BCUT2D eigenvalue weighted by Crippen LogP contribution is -2.46. The fourth-order valence-corrected chi connectivity index (χ4v) is 4.03. The molecule has 0 fully saturated rings. The highest BCUT2D eigenvalue weighted by Gasteiger charge is 2.32. The molecule has 3 heteroatoms. The van der Waals surface area contributed by atoms with Gasteiger partial charge < -0.3 is 4.90 Å². The third kappa shape index (κ3) is 4.72. The molecule has 0 bridgehead atoms. The van der Waals surface area contributed by atoms with Crippen LogP contribution in [0.4, 0.5) is 0 Å². The van der Waals surface area contributed by atoms with Crippen molar-refractivity contribution >= 4 is 21.8 Å². The van der Waals surface area contributed by atoms with E-state index in [0.29, 0.717) is 0 Å². The smallest absolute Gasteiger partial charge is 0.226 e. The molecule has 0 spiro atoms. The number of carbonyl (C=O) groups is 1. The first-order chi connectivity index (χ1) is 11.8. The molecule has 2 rings (SSSR count). The van der Waals surface area contributed by atoms with Crippen molar-refractivity contribution in [2.75, 3.05) is 0 Å². The van der Waals surface area contributed by atoms with E-state index in [4.69, 9.17) is 0 Å². The van der Waals surface area contributed by atoms with Gasteiger partial charge in [-0.3, -0.25) is 4.79 Å². The Hall–Kier alpha value is -1.61. The Morgan fingerprint density at radius 1 is 0.840 bits per heavy atom. The number of rotatable bonds is 6. The Kier molecular flexibility index (Phi) is 6.83.